The van der Waals surface area contributed by atoms with Crippen molar-refractivity contribution in [3.63, 3.8) is 0 Å². The van der Waals surface area contributed by atoms with Gasteiger partial charge in [-0.2, -0.15) is 5.10 Å². The van der Waals surface area contributed by atoms with E-state index in [2.05, 4.69) is 18.7 Å². The first-order chi connectivity index (χ1) is 16.9. The molecule has 1 aliphatic heterocycles. The molecule has 35 heavy (non-hydrogen) atoms. The van der Waals surface area contributed by atoms with Gasteiger partial charge >= 0.3 is 0 Å². The number of nitrogens with zero attached hydrogens (tertiary/aromatic N) is 4. The smallest absolute Gasteiger partial charge is 0.254 e. The quantitative estimate of drug-likeness (QED) is 0.401. The summed E-state index contributed by atoms with van der Waals surface area (Å²) in [5.41, 5.74) is 4.60. The highest BCUT2D eigenvalue weighted by molar-refractivity contribution is 6.30. The van der Waals surface area contributed by atoms with Gasteiger partial charge in [0.05, 0.1) is 23.6 Å². The minimum atomic E-state index is -0.404. The highest BCUT2D eigenvalue weighted by Gasteiger charge is 2.31. The molecule has 1 aromatic heterocycles. The third kappa shape index (κ3) is 5.60. The summed E-state index contributed by atoms with van der Waals surface area (Å²) < 4.78 is 15.9. The number of carbonyl (C=O) groups excluding carboxylic acids is 1. The Bertz CT molecular complexity index is 1220. The van der Waals surface area contributed by atoms with Crippen molar-refractivity contribution in [2.75, 3.05) is 19.6 Å². The average Bonchev–Trinajstić information content (AvgIpc) is 3.57. The van der Waals surface area contributed by atoms with Gasteiger partial charge in [0.25, 0.3) is 5.91 Å². The Morgan fingerprint density at radius 1 is 1.20 bits per heavy atom. The summed E-state index contributed by atoms with van der Waals surface area (Å²) in [6.07, 6.45) is 3.55. The van der Waals surface area contributed by atoms with Crippen LogP contribution in [0.2, 0.25) is 5.02 Å². The van der Waals surface area contributed by atoms with Gasteiger partial charge in [0.15, 0.2) is 0 Å². The van der Waals surface area contributed by atoms with E-state index >= 15 is 0 Å². The van der Waals surface area contributed by atoms with Gasteiger partial charge in [-0.3, -0.25) is 9.69 Å². The van der Waals surface area contributed by atoms with Gasteiger partial charge in [-0.25, -0.2) is 9.07 Å². The second-order valence-corrected chi connectivity index (χ2v) is 10.7. The number of halogens is 2. The van der Waals surface area contributed by atoms with Crippen LogP contribution in [0.15, 0.2) is 48.5 Å². The molecule has 0 N–H and O–H groups in total. The van der Waals surface area contributed by atoms with Gasteiger partial charge in [0.2, 0.25) is 0 Å². The lowest BCUT2D eigenvalue weighted by atomic mass is 10.0. The molecule has 0 saturated heterocycles. The topological polar surface area (TPSA) is 41.4 Å². The molecule has 0 bridgehead atoms. The standard InChI is InChI=1S/C28H32ClFN4O/c1-19(2)15-33(28(35)21-5-3-7-23(30)13-21)18-26-25-17-32(16-20-9-10-20)12-11-27(25)34(31-26)24-8-4-6-22(29)14-24/h3-8,13-14,19-20H,9-12,15-18H2,1-2H3. The second-order valence-electron chi connectivity index (χ2n) is 10.3. The van der Waals surface area contributed by atoms with E-state index in [9.17, 15) is 9.18 Å². The van der Waals surface area contributed by atoms with Crippen molar-refractivity contribution in [1.29, 1.82) is 0 Å². The zero-order valence-corrected chi connectivity index (χ0v) is 21.1. The maximum Gasteiger partial charge on any atom is 0.254 e. The van der Waals surface area contributed by atoms with Gasteiger partial charge in [-0.1, -0.05) is 37.6 Å². The van der Waals surface area contributed by atoms with Crippen LogP contribution >= 0.6 is 11.6 Å². The van der Waals surface area contributed by atoms with Crippen LogP contribution in [0.3, 0.4) is 0 Å². The Kier molecular flexibility index (Phi) is 6.94. The molecule has 2 aliphatic rings. The number of hydrogen-bond donors (Lipinski definition) is 0. The fourth-order valence-corrected chi connectivity index (χ4v) is 5.14. The Morgan fingerprint density at radius 3 is 2.71 bits per heavy atom. The SMILES string of the molecule is CC(C)CN(Cc1nn(-c2cccc(Cl)c2)c2c1CN(CC1CC1)CC2)C(=O)c1cccc(F)c1. The summed E-state index contributed by atoms with van der Waals surface area (Å²) in [7, 11) is 0. The summed E-state index contributed by atoms with van der Waals surface area (Å²) >= 11 is 6.30. The molecule has 5 nitrogen and oxygen atoms in total. The highest BCUT2D eigenvalue weighted by atomic mass is 35.5. The first kappa shape index (κ1) is 24.0. The van der Waals surface area contributed by atoms with Crippen LogP contribution < -0.4 is 0 Å². The number of benzene rings is 2. The van der Waals surface area contributed by atoms with Crippen LogP contribution in [0.1, 0.15) is 54.0 Å². The number of rotatable bonds is 8. The van der Waals surface area contributed by atoms with Gasteiger partial charge in [-0.05, 0) is 61.1 Å². The number of carbonyl (C=O) groups is 1. The largest absolute Gasteiger partial charge is 0.332 e. The Hall–Kier alpha value is -2.70. The third-order valence-electron chi connectivity index (χ3n) is 6.77. The number of aromatic nitrogens is 2. The monoisotopic (exact) mass is 494 g/mol. The number of amides is 1. The van der Waals surface area contributed by atoms with Crippen LogP contribution in [0.4, 0.5) is 4.39 Å². The Balaban J connectivity index is 1.50. The van der Waals surface area contributed by atoms with Crippen molar-refractivity contribution in [2.45, 2.75) is 46.2 Å². The predicted molar refractivity (Wildman–Crippen MR) is 136 cm³/mol. The summed E-state index contributed by atoms with van der Waals surface area (Å²) in [6.45, 7) is 8.10. The molecule has 0 atom stereocenters. The van der Waals surface area contributed by atoms with E-state index in [0.29, 0.717) is 23.7 Å². The van der Waals surface area contributed by atoms with Crippen molar-refractivity contribution in [2.24, 2.45) is 11.8 Å². The lowest BCUT2D eigenvalue weighted by molar-refractivity contribution is 0.0718. The maximum absolute atomic E-state index is 13.9. The van der Waals surface area contributed by atoms with Crippen LogP contribution in [0, 0.1) is 17.7 Å². The highest BCUT2D eigenvalue weighted by Crippen LogP contribution is 2.33. The Morgan fingerprint density at radius 2 is 2.00 bits per heavy atom. The lowest BCUT2D eigenvalue weighted by Gasteiger charge is -2.29. The fraction of sp³-hybridized carbons (Fsp3) is 0.429. The van der Waals surface area contributed by atoms with Crippen molar-refractivity contribution in [1.82, 2.24) is 19.6 Å². The van der Waals surface area contributed by atoms with Crippen molar-refractivity contribution in [3.05, 3.63) is 81.9 Å². The molecule has 3 aromatic rings. The van der Waals surface area contributed by atoms with E-state index in [-0.39, 0.29) is 11.8 Å². The number of hydrogen-bond acceptors (Lipinski definition) is 3. The molecule has 1 aliphatic carbocycles. The molecule has 0 radical (unpaired) electrons. The third-order valence-corrected chi connectivity index (χ3v) is 7.01. The first-order valence-corrected chi connectivity index (χ1v) is 12.9. The minimum Gasteiger partial charge on any atom is -0.332 e. The molecule has 2 aromatic carbocycles. The van der Waals surface area contributed by atoms with Crippen LogP contribution in [-0.2, 0) is 19.5 Å². The molecular weight excluding hydrogens is 463 g/mol. The normalized spacial score (nSPS) is 15.9. The van der Waals surface area contributed by atoms with Crippen molar-refractivity contribution in [3.8, 4) is 5.69 Å². The molecular formula is C28H32ClFN4O. The van der Waals surface area contributed by atoms with E-state index < -0.39 is 5.82 Å². The molecule has 5 rings (SSSR count). The molecule has 1 fully saturated rings. The van der Waals surface area contributed by atoms with Crippen molar-refractivity contribution >= 4 is 17.5 Å². The summed E-state index contributed by atoms with van der Waals surface area (Å²) in [6, 6.07) is 13.7. The lowest BCUT2D eigenvalue weighted by Crippen LogP contribution is -2.35. The number of fused-ring (bicyclic) bond motifs is 1. The summed E-state index contributed by atoms with van der Waals surface area (Å²) in [4.78, 5) is 17.8. The van der Waals surface area contributed by atoms with Crippen LogP contribution in [-0.4, -0.2) is 45.1 Å². The molecule has 1 saturated carbocycles. The predicted octanol–water partition coefficient (Wildman–Crippen LogP) is 5.73. The van der Waals surface area contributed by atoms with Gasteiger partial charge in [-0.15, -0.1) is 0 Å². The molecule has 0 unspecified atom stereocenters. The molecule has 1 amide bonds. The van der Waals surface area contributed by atoms with E-state index in [1.54, 1.807) is 12.1 Å². The summed E-state index contributed by atoms with van der Waals surface area (Å²) in [5.74, 6) is 0.508. The fourth-order valence-electron chi connectivity index (χ4n) is 4.96. The zero-order valence-electron chi connectivity index (χ0n) is 20.4. The van der Waals surface area contributed by atoms with E-state index in [4.69, 9.17) is 16.7 Å². The zero-order chi connectivity index (χ0) is 24.5. The van der Waals surface area contributed by atoms with E-state index in [0.717, 1.165) is 43.4 Å². The molecule has 184 valence electrons. The summed E-state index contributed by atoms with van der Waals surface area (Å²) in [5, 5.41) is 5.71. The molecule has 7 heteroatoms. The Labute approximate surface area is 211 Å². The van der Waals surface area contributed by atoms with E-state index in [1.165, 1.54) is 36.2 Å². The maximum atomic E-state index is 13.9. The van der Waals surface area contributed by atoms with Crippen LogP contribution in [0.5, 0.6) is 0 Å². The average molecular weight is 495 g/mol. The molecule has 2 heterocycles. The van der Waals surface area contributed by atoms with Gasteiger partial charge in [0.1, 0.15) is 5.82 Å². The van der Waals surface area contributed by atoms with Gasteiger partial charge < -0.3 is 4.90 Å². The minimum absolute atomic E-state index is 0.171. The van der Waals surface area contributed by atoms with E-state index in [1.807, 2.05) is 33.8 Å². The second kappa shape index (κ2) is 10.1. The van der Waals surface area contributed by atoms with Crippen LogP contribution in [0.25, 0.3) is 5.69 Å². The van der Waals surface area contributed by atoms with Gasteiger partial charge in [0, 0.05) is 48.7 Å². The molecule has 0 spiro atoms. The first-order valence-electron chi connectivity index (χ1n) is 12.5. The van der Waals surface area contributed by atoms with Crippen molar-refractivity contribution < 1.29 is 9.18 Å².